The van der Waals surface area contributed by atoms with Crippen LogP contribution in [0.4, 0.5) is 0 Å². The van der Waals surface area contributed by atoms with Gasteiger partial charge >= 0.3 is 0 Å². The van der Waals surface area contributed by atoms with Gasteiger partial charge in [-0.25, -0.2) is 0 Å². The molecule has 0 fully saturated rings. The van der Waals surface area contributed by atoms with Crippen LogP contribution in [0, 0.1) is 0 Å². The first kappa shape index (κ1) is 23.3. The second-order valence-electron chi connectivity index (χ2n) is 5.22. The highest BCUT2D eigenvalue weighted by Gasteiger charge is 2.31. The van der Waals surface area contributed by atoms with Crippen LogP contribution in [0.5, 0.6) is 28.7 Å². The molecule has 0 saturated heterocycles. The summed E-state index contributed by atoms with van der Waals surface area (Å²) in [6, 6.07) is 1.59. The molecule has 2 aromatic carbocycles. The lowest BCUT2D eigenvalue weighted by Gasteiger charge is -2.20. The van der Waals surface area contributed by atoms with E-state index in [0.717, 1.165) is 0 Å². The third-order valence-electron chi connectivity index (χ3n) is 3.89. The summed E-state index contributed by atoms with van der Waals surface area (Å²) in [4.78, 5) is 13.5. The predicted molar refractivity (Wildman–Crippen MR) is 120 cm³/mol. The van der Waals surface area contributed by atoms with Crippen LogP contribution in [0.2, 0.25) is 0 Å². The summed E-state index contributed by atoms with van der Waals surface area (Å²) >= 11 is 13.8. The first-order valence-corrected chi connectivity index (χ1v) is 10.8. The van der Waals surface area contributed by atoms with Gasteiger partial charge in [0.2, 0.25) is 5.75 Å². The number of carbonyl (C=O) groups is 1. The van der Waals surface area contributed by atoms with Crippen LogP contribution in [0.1, 0.15) is 15.9 Å². The minimum Gasteiger partial charge on any atom is -0.493 e. The Kier molecular flexibility index (Phi) is 8.06. The minimum absolute atomic E-state index is 0.234. The maximum absolute atomic E-state index is 13.5. The molecule has 0 saturated carbocycles. The molecule has 0 aliphatic heterocycles. The molecule has 152 valence electrons. The number of rotatable bonds is 7. The highest BCUT2D eigenvalue weighted by atomic mass is 79.9. The van der Waals surface area contributed by atoms with Crippen LogP contribution in [-0.2, 0) is 0 Å². The van der Waals surface area contributed by atoms with Gasteiger partial charge in [0, 0.05) is 10.0 Å². The zero-order valence-electron chi connectivity index (χ0n) is 15.5. The SMILES string of the molecule is COc1cc(C(=O)c2c(Br)c(Br)c(OC)c(OC)c2OC)c(Br)c(Br)c1OC. The maximum Gasteiger partial charge on any atom is 0.205 e. The summed E-state index contributed by atoms with van der Waals surface area (Å²) in [6.07, 6.45) is 0. The molecule has 0 aromatic heterocycles. The quantitative estimate of drug-likeness (QED) is 0.343. The van der Waals surface area contributed by atoms with Crippen molar-refractivity contribution in [2.75, 3.05) is 35.5 Å². The Bertz CT molecular complexity index is 930. The topological polar surface area (TPSA) is 63.2 Å². The van der Waals surface area contributed by atoms with Crippen molar-refractivity contribution in [1.82, 2.24) is 0 Å². The molecule has 0 atom stereocenters. The van der Waals surface area contributed by atoms with Crippen molar-refractivity contribution in [3.8, 4) is 28.7 Å². The van der Waals surface area contributed by atoms with Crippen molar-refractivity contribution in [2.24, 2.45) is 0 Å². The van der Waals surface area contributed by atoms with Crippen molar-refractivity contribution in [3.63, 3.8) is 0 Å². The van der Waals surface area contributed by atoms with Crippen molar-refractivity contribution in [3.05, 3.63) is 35.1 Å². The fourth-order valence-corrected chi connectivity index (χ4v) is 4.74. The highest BCUT2D eigenvalue weighted by Crippen LogP contribution is 2.51. The largest absolute Gasteiger partial charge is 0.493 e. The number of methoxy groups -OCH3 is 5. The lowest BCUT2D eigenvalue weighted by molar-refractivity contribution is 0.103. The first-order chi connectivity index (χ1) is 13.3. The smallest absolute Gasteiger partial charge is 0.205 e. The van der Waals surface area contributed by atoms with Gasteiger partial charge in [-0.3, -0.25) is 4.79 Å². The Balaban J connectivity index is 2.85. The van der Waals surface area contributed by atoms with E-state index in [1.165, 1.54) is 35.5 Å². The van der Waals surface area contributed by atoms with Crippen molar-refractivity contribution in [2.45, 2.75) is 0 Å². The van der Waals surface area contributed by atoms with Gasteiger partial charge in [0.25, 0.3) is 0 Å². The van der Waals surface area contributed by atoms with Crippen molar-refractivity contribution >= 4 is 69.5 Å². The summed E-state index contributed by atoms with van der Waals surface area (Å²) in [5.41, 5.74) is 0.592. The second kappa shape index (κ2) is 9.69. The lowest BCUT2D eigenvalue weighted by atomic mass is 10.0. The molecule has 6 nitrogen and oxygen atoms in total. The molecule has 0 unspecified atom stereocenters. The standard InChI is InChI=1S/C18H16Br4O6/c1-24-8-6-7(10(19)12(21)15(8)25-2)14(23)9-11(20)13(22)17(27-4)18(28-5)16(9)26-3/h6H,1-5H3. The van der Waals surface area contributed by atoms with Gasteiger partial charge in [-0.1, -0.05) is 0 Å². The average Bonchev–Trinajstić information content (AvgIpc) is 2.70. The Morgan fingerprint density at radius 2 is 1.14 bits per heavy atom. The van der Waals surface area contributed by atoms with Gasteiger partial charge in [0.05, 0.1) is 54.5 Å². The van der Waals surface area contributed by atoms with E-state index < -0.39 is 0 Å². The molecule has 0 aliphatic rings. The van der Waals surface area contributed by atoms with E-state index in [0.29, 0.717) is 46.5 Å². The molecule has 0 aliphatic carbocycles. The zero-order chi connectivity index (χ0) is 21.2. The molecule has 0 radical (unpaired) electrons. The Morgan fingerprint density at radius 3 is 1.61 bits per heavy atom. The molecule has 28 heavy (non-hydrogen) atoms. The van der Waals surface area contributed by atoms with Crippen molar-refractivity contribution in [1.29, 1.82) is 0 Å². The number of halogens is 4. The summed E-state index contributed by atoms with van der Waals surface area (Å²) in [5.74, 6) is 1.45. The molecular formula is C18H16Br4O6. The number of hydrogen-bond acceptors (Lipinski definition) is 6. The Morgan fingerprint density at radius 1 is 0.643 bits per heavy atom. The van der Waals surface area contributed by atoms with Crippen LogP contribution >= 0.6 is 63.7 Å². The zero-order valence-corrected chi connectivity index (χ0v) is 21.9. The molecule has 0 N–H and O–H groups in total. The van der Waals surface area contributed by atoms with Crippen LogP contribution in [0.3, 0.4) is 0 Å². The normalized spacial score (nSPS) is 10.5. The van der Waals surface area contributed by atoms with Crippen LogP contribution in [0.25, 0.3) is 0 Å². The summed E-state index contributed by atoms with van der Waals surface area (Å²) < 4.78 is 29.1. The van der Waals surface area contributed by atoms with Crippen LogP contribution in [-0.4, -0.2) is 41.3 Å². The van der Waals surface area contributed by atoms with E-state index >= 15 is 0 Å². The number of hydrogen-bond donors (Lipinski definition) is 0. The van der Waals surface area contributed by atoms with E-state index in [-0.39, 0.29) is 17.1 Å². The molecule has 0 spiro atoms. The van der Waals surface area contributed by atoms with Crippen molar-refractivity contribution < 1.29 is 28.5 Å². The molecule has 0 bridgehead atoms. The van der Waals surface area contributed by atoms with Crippen LogP contribution in [0.15, 0.2) is 24.0 Å². The minimum atomic E-state index is -0.334. The van der Waals surface area contributed by atoms with Gasteiger partial charge in [-0.05, 0) is 69.8 Å². The van der Waals surface area contributed by atoms with E-state index in [1.54, 1.807) is 6.07 Å². The molecule has 10 heteroatoms. The maximum atomic E-state index is 13.5. The van der Waals surface area contributed by atoms with E-state index in [4.69, 9.17) is 23.7 Å². The van der Waals surface area contributed by atoms with Crippen LogP contribution < -0.4 is 23.7 Å². The average molecular weight is 648 g/mol. The monoisotopic (exact) mass is 644 g/mol. The van der Waals surface area contributed by atoms with Gasteiger partial charge in [-0.2, -0.15) is 0 Å². The fourth-order valence-electron chi connectivity index (χ4n) is 2.62. The molecule has 0 heterocycles. The summed E-state index contributed by atoms with van der Waals surface area (Å²) in [6.45, 7) is 0. The number of ether oxygens (including phenoxy) is 5. The number of benzene rings is 2. The molecule has 0 amide bonds. The fraction of sp³-hybridized carbons (Fsp3) is 0.278. The van der Waals surface area contributed by atoms with E-state index in [9.17, 15) is 4.79 Å². The van der Waals surface area contributed by atoms with Gasteiger partial charge in [-0.15, -0.1) is 0 Å². The first-order valence-electron chi connectivity index (χ1n) is 7.60. The molecule has 2 rings (SSSR count). The third-order valence-corrected chi connectivity index (χ3v) is 8.08. The number of carbonyl (C=O) groups excluding carboxylic acids is 1. The van der Waals surface area contributed by atoms with E-state index in [1.807, 2.05) is 0 Å². The Labute approximate surface area is 196 Å². The second-order valence-corrected chi connectivity index (χ2v) is 8.39. The molecule has 2 aromatic rings. The summed E-state index contributed by atoms with van der Waals surface area (Å²) in [7, 11) is 7.43. The highest BCUT2D eigenvalue weighted by molar-refractivity contribution is 9.13. The third kappa shape index (κ3) is 3.88. The Hall–Kier alpha value is -0.970. The summed E-state index contributed by atoms with van der Waals surface area (Å²) in [5, 5.41) is 0. The molecular weight excluding hydrogens is 632 g/mol. The lowest BCUT2D eigenvalue weighted by Crippen LogP contribution is -2.10. The van der Waals surface area contributed by atoms with E-state index in [2.05, 4.69) is 63.7 Å². The van der Waals surface area contributed by atoms with Gasteiger partial charge < -0.3 is 23.7 Å². The number of ketones is 1. The van der Waals surface area contributed by atoms with Gasteiger partial charge in [0.15, 0.2) is 28.8 Å². The predicted octanol–water partition coefficient (Wildman–Crippen LogP) is 6.01. The van der Waals surface area contributed by atoms with Gasteiger partial charge in [0.1, 0.15) is 0 Å².